The maximum Gasteiger partial charge on any atom is 0.316 e. The number of aromatic nitrogens is 2. The highest BCUT2D eigenvalue weighted by Crippen LogP contribution is 2.32. The minimum Gasteiger partial charge on any atom is -0.490 e. The number of ether oxygens (including phenoxy) is 1. The fourth-order valence-electron chi connectivity index (χ4n) is 3.69. The van der Waals surface area contributed by atoms with Crippen LogP contribution in [0.2, 0.25) is 0 Å². The number of fused-ring (bicyclic) bond motifs is 1. The topological polar surface area (TPSA) is 56.1 Å². The molecular formula is C22H23N3O2. The summed E-state index contributed by atoms with van der Waals surface area (Å²) in [5, 5.41) is 3.51. The molecule has 0 radical (unpaired) electrons. The van der Waals surface area contributed by atoms with E-state index in [4.69, 9.17) is 4.74 Å². The molecule has 1 N–H and O–H groups in total. The third kappa shape index (κ3) is 3.72. The second-order valence-electron chi connectivity index (χ2n) is 6.84. The Morgan fingerprint density at radius 1 is 1.15 bits per heavy atom. The third-order valence-corrected chi connectivity index (χ3v) is 5.05. The monoisotopic (exact) mass is 361 g/mol. The van der Waals surface area contributed by atoms with Crippen molar-refractivity contribution in [1.82, 2.24) is 9.55 Å². The summed E-state index contributed by atoms with van der Waals surface area (Å²) >= 11 is 0. The normalized spacial score (nSPS) is 15.8. The first-order valence-corrected chi connectivity index (χ1v) is 9.28. The summed E-state index contributed by atoms with van der Waals surface area (Å²) in [6, 6.07) is 18.8. The molecule has 0 saturated heterocycles. The van der Waals surface area contributed by atoms with Crippen molar-refractivity contribution >= 4 is 5.95 Å². The molecule has 0 fully saturated rings. The maximum atomic E-state index is 12.3. The first-order chi connectivity index (χ1) is 13.2. The highest BCUT2D eigenvalue weighted by molar-refractivity contribution is 5.40. The quantitative estimate of drug-likeness (QED) is 0.751. The zero-order chi connectivity index (χ0) is 18.6. The number of rotatable bonds is 5. The van der Waals surface area contributed by atoms with Crippen LogP contribution in [0, 0.1) is 0 Å². The largest absolute Gasteiger partial charge is 0.490 e. The zero-order valence-electron chi connectivity index (χ0n) is 15.4. The van der Waals surface area contributed by atoms with Gasteiger partial charge in [-0.2, -0.15) is 4.98 Å². The molecule has 0 saturated carbocycles. The van der Waals surface area contributed by atoms with Crippen molar-refractivity contribution < 1.29 is 4.74 Å². The van der Waals surface area contributed by atoms with Crippen LogP contribution >= 0.6 is 0 Å². The number of benzene rings is 2. The minimum absolute atomic E-state index is 0.150. The van der Waals surface area contributed by atoms with E-state index >= 15 is 0 Å². The fourth-order valence-corrected chi connectivity index (χ4v) is 3.69. The van der Waals surface area contributed by atoms with Gasteiger partial charge in [-0.3, -0.25) is 4.79 Å². The number of methoxy groups -OCH3 is 1. The highest BCUT2D eigenvalue weighted by atomic mass is 16.5. The molecule has 0 aliphatic heterocycles. The molecule has 27 heavy (non-hydrogen) atoms. The van der Waals surface area contributed by atoms with E-state index in [1.54, 1.807) is 6.20 Å². The average molecular weight is 361 g/mol. The van der Waals surface area contributed by atoms with Crippen molar-refractivity contribution in [2.24, 2.45) is 0 Å². The third-order valence-electron chi connectivity index (χ3n) is 5.05. The van der Waals surface area contributed by atoms with Crippen LogP contribution in [0.4, 0.5) is 5.95 Å². The Bertz CT molecular complexity index is 982. The Kier molecular flexibility index (Phi) is 4.92. The summed E-state index contributed by atoms with van der Waals surface area (Å²) in [5.41, 5.74) is 3.44. The summed E-state index contributed by atoms with van der Waals surface area (Å²) in [6.45, 7) is 0.612. The van der Waals surface area contributed by atoms with E-state index in [9.17, 15) is 4.79 Å². The highest BCUT2D eigenvalue weighted by Gasteiger charge is 2.21. The maximum absolute atomic E-state index is 12.3. The molecule has 0 unspecified atom stereocenters. The standard InChI is InChI=1S/C22H23N3O2/c1-27-20-15-25(14-16-8-3-2-4-9-16)22(24-21(20)26)23-19-13-7-11-17-10-5-6-12-18(17)19/h2-6,8-10,12,15,19H,7,11,13-14H2,1H3,(H,23,24,26)/t19-/m0/s1. The van der Waals surface area contributed by atoms with Gasteiger partial charge in [0.25, 0.3) is 0 Å². The molecule has 1 atom stereocenters. The predicted octanol–water partition coefficient (Wildman–Crippen LogP) is 3.79. The molecule has 1 aromatic heterocycles. The van der Waals surface area contributed by atoms with E-state index in [0.717, 1.165) is 24.8 Å². The summed E-state index contributed by atoms with van der Waals surface area (Å²) < 4.78 is 7.15. The van der Waals surface area contributed by atoms with Gasteiger partial charge in [0.2, 0.25) is 11.7 Å². The van der Waals surface area contributed by atoms with Crippen LogP contribution in [0.15, 0.2) is 65.6 Å². The average Bonchev–Trinajstić information content (AvgIpc) is 2.71. The van der Waals surface area contributed by atoms with Crippen molar-refractivity contribution in [1.29, 1.82) is 0 Å². The van der Waals surface area contributed by atoms with Crippen LogP contribution in [-0.2, 0) is 13.0 Å². The van der Waals surface area contributed by atoms with Gasteiger partial charge in [-0.1, -0.05) is 54.6 Å². The number of hydrogen-bond donors (Lipinski definition) is 1. The molecule has 1 aliphatic rings. The van der Waals surface area contributed by atoms with Gasteiger partial charge in [0, 0.05) is 0 Å². The number of anilines is 1. The van der Waals surface area contributed by atoms with Crippen LogP contribution in [0.5, 0.6) is 5.75 Å². The van der Waals surface area contributed by atoms with Gasteiger partial charge < -0.3 is 14.6 Å². The first-order valence-electron chi connectivity index (χ1n) is 9.28. The number of nitrogens with one attached hydrogen (secondary N) is 1. The van der Waals surface area contributed by atoms with Crippen LogP contribution in [0.25, 0.3) is 0 Å². The molecular weight excluding hydrogens is 338 g/mol. The van der Waals surface area contributed by atoms with Gasteiger partial charge in [0.1, 0.15) is 0 Å². The van der Waals surface area contributed by atoms with Gasteiger partial charge in [0.15, 0.2) is 0 Å². The lowest BCUT2D eigenvalue weighted by Crippen LogP contribution is -2.24. The molecule has 1 heterocycles. The van der Waals surface area contributed by atoms with E-state index < -0.39 is 0 Å². The molecule has 138 valence electrons. The van der Waals surface area contributed by atoms with Crippen LogP contribution in [0.1, 0.15) is 35.6 Å². The van der Waals surface area contributed by atoms with Crippen LogP contribution < -0.4 is 15.6 Å². The van der Waals surface area contributed by atoms with E-state index in [0.29, 0.717) is 12.5 Å². The zero-order valence-corrected chi connectivity index (χ0v) is 15.4. The number of aryl methyl sites for hydroxylation is 1. The van der Waals surface area contributed by atoms with E-state index in [-0.39, 0.29) is 17.4 Å². The number of hydrogen-bond acceptors (Lipinski definition) is 4. The lowest BCUT2D eigenvalue weighted by molar-refractivity contribution is 0.402. The van der Waals surface area contributed by atoms with Crippen molar-refractivity contribution in [2.75, 3.05) is 12.4 Å². The number of nitrogens with zero attached hydrogens (tertiary/aromatic N) is 2. The molecule has 0 amide bonds. The Balaban J connectivity index is 1.70. The van der Waals surface area contributed by atoms with Crippen molar-refractivity contribution in [2.45, 2.75) is 31.8 Å². The van der Waals surface area contributed by atoms with E-state index in [2.05, 4.69) is 46.7 Å². The first kappa shape index (κ1) is 17.3. The molecule has 0 spiro atoms. The SMILES string of the molecule is COc1cn(Cc2ccccc2)c(N[C@H]2CCCc3ccccc32)nc1=O. The van der Waals surface area contributed by atoms with E-state index in [1.807, 2.05) is 22.8 Å². The van der Waals surface area contributed by atoms with Crippen molar-refractivity contribution in [3.63, 3.8) is 0 Å². The van der Waals surface area contributed by atoms with Crippen LogP contribution in [-0.4, -0.2) is 16.7 Å². The summed E-state index contributed by atoms with van der Waals surface area (Å²) in [4.78, 5) is 16.6. The smallest absolute Gasteiger partial charge is 0.316 e. The molecule has 4 rings (SSSR count). The minimum atomic E-state index is -0.353. The van der Waals surface area contributed by atoms with Gasteiger partial charge in [0.05, 0.1) is 25.9 Å². The van der Waals surface area contributed by atoms with Gasteiger partial charge in [-0.25, -0.2) is 0 Å². The summed E-state index contributed by atoms with van der Waals surface area (Å²) in [6.07, 6.45) is 4.97. The summed E-state index contributed by atoms with van der Waals surface area (Å²) in [7, 11) is 1.50. The Hall–Kier alpha value is -3.08. The van der Waals surface area contributed by atoms with Gasteiger partial charge in [-0.15, -0.1) is 0 Å². The predicted molar refractivity (Wildman–Crippen MR) is 106 cm³/mol. The van der Waals surface area contributed by atoms with Crippen molar-refractivity contribution in [3.05, 3.63) is 87.8 Å². The fraction of sp³-hybridized carbons (Fsp3) is 0.273. The molecule has 5 heteroatoms. The molecule has 3 aromatic rings. The lowest BCUT2D eigenvalue weighted by Gasteiger charge is -2.28. The van der Waals surface area contributed by atoms with Gasteiger partial charge >= 0.3 is 5.56 Å². The Morgan fingerprint density at radius 2 is 1.93 bits per heavy atom. The van der Waals surface area contributed by atoms with Crippen molar-refractivity contribution in [3.8, 4) is 5.75 Å². The Labute approximate surface area is 158 Å². The van der Waals surface area contributed by atoms with E-state index in [1.165, 1.54) is 18.2 Å². The van der Waals surface area contributed by atoms with Gasteiger partial charge in [-0.05, 0) is 36.0 Å². The lowest BCUT2D eigenvalue weighted by atomic mass is 9.88. The van der Waals surface area contributed by atoms with Crippen LogP contribution in [0.3, 0.4) is 0 Å². The molecule has 1 aliphatic carbocycles. The molecule has 0 bridgehead atoms. The molecule has 5 nitrogen and oxygen atoms in total. The molecule has 2 aromatic carbocycles. The second kappa shape index (κ2) is 7.66. The summed E-state index contributed by atoms with van der Waals surface area (Å²) in [5.74, 6) is 0.826. The second-order valence-corrected chi connectivity index (χ2v) is 6.84. The Morgan fingerprint density at radius 3 is 2.74 bits per heavy atom.